The molecule has 3 heteroatoms. The van der Waals surface area contributed by atoms with Gasteiger partial charge in [-0.25, -0.2) is 0 Å². The molecule has 0 amide bonds. The van der Waals surface area contributed by atoms with E-state index < -0.39 is 0 Å². The summed E-state index contributed by atoms with van der Waals surface area (Å²) >= 11 is 0. The van der Waals surface area contributed by atoms with E-state index >= 15 is 0 Å². The molecule has 0 aromatic carbocycles. The first-order valence-electron chi connectivity index (χ1n) is 5.46. The minimum Gasteiger partial charge on any atom is -0.466 e. The predicted octanol–water partition coefficient (Wildman–Crippen LogP) is 2.05. The highest BCUT2D eigenvalue weighted by Gasteiger charge is 2.01. The van der Waals surface area contributed by atoms with Crippen molar-refractivity contribution in [1.82, 2.24) is 0 Å². The van der Waals surface area contributed by atoms with Gasteiger partial charge < -0.3 is 10.5 Å². The van der Waals surface area contributed by atoms with E-state index in [2.05, 4.69) is 6.92 Å². The number of unbranched alkanes of at least 4 members (excludes halogenated alkanes) is 4. The van der Waals surface area contributed by atoms with Gasteiger partial charge in [-0.1, -0.05) is 26.2 Å². The molecule has 0 aromatic rings. The molecule has 3 nitrogen and oxygen atoms in total. The second-order valence-corrected chi connectivity index (χ2v) is 3.38. The van der Waals surface area contributed by atoms with Crippen molar-refractivity contribution >= 4 is 5.97 Å². The van der Waals surface area contributed by atoms with E-state index in [-0.39, 0.29) is 5.97 Å². The maximum atomic E-state index is 11.1. The predicted molar refractivity (Wildman–Crippen MR) is 57.7 cm³/mol. The van der Waals surface area contributed by atoms with Crippen LogP contribution in [0.15, 0.2) is 0 Å². The second-order valence-electron chi connectivity index (χ2n) is 3.38. The summed E-state index contributed by atoms with van der Waals surface area (Å²) in [4.78, 5) is 11.1. The van der Waals surface area contributed by atoms with Crippen molar-refractivity contribution in [3.8, 4) is 0 Å². The summed E-state index contributed by atoms with van der Waals surface area (Å²) in [6.07, 6.45) is 6.31. The monoisotopic (exact) mass is 200 g/mol. The number of nitrogens with two attached hydrogens (primary N) is 1. The molecule has 83 valence electrons. The third-order valence-corrected chi connectivity index (χ3v) is 1.99. The second kappa shape index (κ2) is 10.5. The average molecular weight is 200 g/mol. The van der Waals surface area contributed by atoms with Gasteiger partial charge >= 0.3 is 5.97 Å². The first kappa shape index (κ1) is 13.4. The van der Waals surface area contributed by atoms with Crippen LogP contribution in [0, 0.1) is 6.92 Å². The smallest absolute Gasteiger partial charge is 0.305 e. The Kier molecular flexibility index (Phi) is 10.1. The van der Waals surface area contributed by atoms with Gasteiger partial charge in [0.1, 0.15) is 0 Å². The van der Waals surface area contributed by atoms with Gasteiger partial charge in [0.05, 0.1) is 6.61 Å². The van der Waals surface area contributed by atoms with Crippen molar-refractivity contribution in [2.75, 3.05) is 13.2 Å². The lowest BCUT2D eigenvalue weighted by Crippen LogP contribution is -2.06. The number of carbonyl (C=O) groups excluding carboxylic acids is 1. The highest BCUT2D eigenvalue weighted by molar-refractivity contribution is 5.69. The van der Waals surface area contributed by atoms with E-state index in [0.29, 0.717) is 19.6 Å². The van der Waals surface area contributed by atoms with E-state index in [1.54, 1.807) is 0 Å². The van der Waals surface area contributed by atoms with Crippen LogP contribution < -0.4 is 5.73 Å². The Hall–Kier alpha value is -0.570. The molecule has 0 spiro atoms. The molecule has 0 rings (SSSR count). The van der Waals surface area contributed by atoms with E-state index in [1.807, 2.05) is 0 Å². The van der Waals surface area contributed by atoms with Gasteiger partial charge in [-0.3, -0.25) is 4.79 Å². The molecule has 0 bridgehead atoms. The number of hydrogen-bond donors (Lipinski definition) is 1. The summed E-state index contributed by atoms with van der Waals surface area (Å²) < 4.78 is 5.03. The van der Waals surface area contributed by atoms with Gasteiger partial charge in [0, 0.05) is 6.42 Å². The van der Waals surface area contributed by atoms with Gasteiger partial charge in [-0.15, -0.1) is 0 Å². The maximum Gasteiger partial charge on any atom is 0.305 e. The Balaban J connectivity index is 3.11. The van der Waals surface area contributed by atoms with Gasteiger partial charge in [0.15, 0.2) is 0 Å². The van der Waals surface area contributed by atoms with Crippen molar-refractivity contribution in [2.45, 2.75) is 44.9 Å². The van der Waals surface area contributed by atoms with Crippen LogP contribution >= 0.6 is 0 Å². The zero-order valence-electron chi connectivity index (χ0n) is 8.96. The van der Waals surface area contributed by atoms with E-state index in [4.69, 9.17) is 10.5 Å². The molecule has 0 atom stereocenters. The number of esters is 1. The lowest BCUT2D eigenvalue weighted by atomic mass is 10.2. The third kappa shape index (κ3) is 9.52. The minimum atomic E-state index is -0.0777. The zero-order valence-corrected chi connectivity index (χ0v) is 8.96. The summed E-state index contributed by atoms with van der Waals surface area (Å²) in [6.45, 7) is 4.97. The molecular weight excluding hydrogens is 178 g/mol. The van der Waals surface area contributed by atoms with Crippen molar-refractivity contribution in [2.24, 2.45) is 5.73 Å². The fourth-order valence-corrected chi connectivity index (χ4v) is 1.13. The summed E-state index contributed by atoms with van der Waals surface area (Å²) in [5.74, 6) is -0.0777. The van der Waals surface area contributed by atoms with Crippen LogP contribution in [0.5, 0.6) is 0 Å². The summed E-state index contributed by atoms with van der Waals surface area (Å²) in [5.41, 5.74) is 5.34. The number of hydrogen-bond acceptors (Lipinski definition) is 3. The highest BCUT2D eigenvalue weighted by Crippen LogP contribution is 2.01. The number of rotatable bonds is 9. The van der Waals surface area contributed by atoms with Crippen LogP contribution in [0.3, 0.4) is 0 Å². The van der Waals surface area contributed by atoms with Crippen LogP contribution in [0.25, 0.3) is 0 Å². The average Bonchev–Trinajstić information content (AvgIpc) is 2.19. The molecule has 0 aromatic heterocycles. The Labute approximate surface area is 87.0 Å². The molecule has 14 heavy (non-hydrogen) atoms. The van der Waals surface area contributed by atoms with Crippen LogP contribution in [-0.2, 0) is 9.53 Å². The molecule has 2 N–H and O–H groups in total. The lowest BCUT2D eigenvalue weighted by molar-refractivity contribution is -0.143. The van der Waals surface area contributed by atoms with Gasteiger partial charge in [-0.2, -0.15) is 0 Å². The quantitative estimate of drug-likeness (QED) is 0.458. The zero-order chi connectivity index (χ0) is 10.6. The standard InChI is InChI=1S/C11H22NO2/c1-2-3-7-10-14-11(13)8-5-4-6-9-12/h1-10,12H2. The first-order valence-corrected chi connectivity index (χ1v) is 5.46. The first-order chi connectivity index (χ1) is 6.81. The highest BCUT2D eigenvalue weighted by atomic mass is 16.5. The summed E-state index contributed by atoms with van der Waals surface area (Å²) in [5, 5.41) is 0. The largest absolute Gasteiger partial charge is 0.466 e. The van der Waals surface area contributed by atoms with E-state index in [0.717, 1.165) is 38.5 Å². The van der Waals surface area contributed by atoms with Crippen molar-refractivity contribution in [3.05, 3.63) is 6.92 Å². The van der Waals surface area contributed by atoms with Crippen LogP contribution in [0.4, 0.5) is 0 Å². The van der Waals surface area contributed by atoms with Crippen LogP contribution in [-0.4, -0.2) is 19.1 Å². The molecule has 1 radical (unpaired) electrons. The van der Waals surface area contributed by atoms with Crippen LogP contribution in [0.2, 0.25) is 0 Å². The van der Waals surface area contributed by atoms with E-state index in [9.17, 15) is 4.79 Å². The third-order valence-electron chi connectivity index (χ3n) is 1.99. The Morgan fingerprint density at radius 3 is 2.57 bits per heavy atom. The van der Waals surface area contributed by atoms with Gasteiger partial charge in [-0.05, 0) is 25.8 Å². The van der Waals surface area contributed by atoms with Gasteiger partial charge in [0.2, 0.25) is 0 Å². The fraction of sp³-hybridized carbons (Fsp3) is 0.818. The fourth-order valence-electron chi connectivity index (χ4n) is 1.13. The Morgan fingerprint density at radius 2 is 1.93 bits per heavy atom. The van der Waals surface area contributed by atoms with Crippen molar-refractivity contribution in [1.29, 1.82) is 0 Å². The summed E-state index contributed by atoms with van der Waals surface area (Å²) in [6, 6.07) is 0. The molecule has 0 unspecified atom stereocenters. The molecular formula is C11H22NO2. The molecule has 0 fully saturated rings. The topological polar surface area (TPSA) is 52.3 Å². The number of ether oxygens (including phenoxy) is 1. The maximum absolute atomic E-state index is 11.1. The molecule has 0 saturated carbocycles. The Morgan fingerprint density at radius 1 is 1.14 bits per heavy atom. The normalized spacial score (nSPS) is 10.1. The van der Waals surface area contributed by atoms with Crippen LogP contribution in [0.1, 0.15) is 44.9 Å². The number of carbonyl (C=O) groups is 1. The summed E-state index contributed by atoms with van der Waals surface area (Å²) in [7, 11) is 0. The SMILES string of the molecule is [CH2]CCCCOC(=O)CCCCCN. The lowest BCUT2D eigenvalue weighted by Gasteiger charge is -2.03. The van der Waals surface area contributed by atoms with Crippen molar-refractivity contribution in [3.63, 3.8) is 0 Å². The minimum absolute atomic E-state index is 0.0777. The van der Waals surface area contributed by atoms with Crippen molar-refractivity contribution < 1.29 is 9.53 Å². The molecule has 0 aliphatic carbocycles. The molecule has 0 saturated heterocycles. The van der Waals surface area contributed by atoms with E-state index in [1.165, 1.54) is 0 Å². The molecule has 0 heterocycles. The molecule has 0 aliphatic heterocycles. The molecule has 0 aliphatic rings. The Bertz CT molecular complexity index is 123. The van der Waals surface area contributed by atoms with Gasteiger partial charge in [0.25, 0.3) is 0 Å².